The smallest absolute Gasteiger partial charge is 0.387 e. The normalized spacial score (nSPS) is 24.7. The molecule has 0 aliphatic carbocycles. The highest BCUT2D eigenvalue weighted by atomic mass is 19.3. The van der Waals surface area contributed by atoms with E-state index in [2.05, 4.69) is 16.6 Å². The van der Waals surface area contributed by atoms with Gasteiger partial charge in [0.2, 0.25) is 0 Å². The summed E-state index contributed by atoms with van der Waals surface area (Å²) in [6, 6.07) is 7.08. The molecule has 19 heavy (non-hydrogen) atoms. The lowest BCUT2D eigenvalue weighted by Crippen LogP contribution is -2.47. The molecule has 2 N–H and O–H groups in total. The molecule has 0 saturated carbocycles. The van der Waals surface area contributed by atoms with Crippen molar-refractivity contribution in [3.63, 3.8) is 0 Å². The molecule has 106 valence electrons. The van der Waals surface area contributed by atoms with Gasteiger partial charge in [-0.1, -0.05) is 25.1 Å². The first-order chi connectivity index (χ1) is 9.06. The van der Waals surface area contributed by atoms with Gasteiger partial charge in [-0.25, -0.2) is 0 Å². The Balaban J connectivity index is 2.02. The number of nitrogens with two attached hydrogens (primary N) is 1. The zero-order chi connectivity index (χ0) is 13.8. The predicted molar refractivity (Wildman–Crippen MR) is 70.1 cm³/mol. The van der Waals surface area contributed by atoms with Crippen LogP contribution in [0.5, 0.6) is 5.75 Å². The van der Waals surface area contributed by atoms with Gasteiger partial charge in [-0.15, -0.1) is 0 Å². The van der Waals surface area contributed by atoms with Crippen molar-refractivity contribution >= 4 is 0 Å². The zero-order valence-corrected chi connectivity index (χ0v) is 11.1. The van der Waals surface area contributed by atoms with Gasteiger partial charge in [0.05, 0.1) is 0 Å². The number of piperidine rings is 1. The second-order valence-electron chi connectivity index (χ2n) is 5.15. The third-order valence-electron chi connectivity index (χ3n) is 3.68. The molecule has 2 rings (SSSR count). The van der Waals surface area contributed by atoms with Crippen LogP contribution in [0.2, 0.25) is 0 Å². The molecule has 1 aromatic rings. The number of benzene rings is 1. The van der Waals surface area contributed by atoms with Crippen LogP contribution >= 0.6 is 0 Å². The zero-order valence-electron chi connectivity index (χ0n) is 11.1. The summed E-state index contributed by atoms with van der Waals surface area (Å²) in [6.45, 7) is 1.70. The van der Waals surface area contributed by atoms with E-state index in [1.54, 1.807) is 12.1 Å². The molecule has 0 radical (unpaired) electrons. The Hall–Kier alpha value is -1.20. The lowest BCUT2D eigenvalue weighted by atomic mass is 9.94. The lowest BCUT2D eigenvalue weighted by molar-refractivity contribution is -0.0508. The topological polar surface area (TPSA) is 38.5 Å². The van der Waals surface area contributed by atoms with E-state index in [4.69, 9.17) is 5.73 Å². The van der Waals surface area contributed by atoms with Gasteiger partial charge in [-0.2, -0.15) is 8.78 Å². The van der Waals surface area contributed by atoms with E-state index in [-0.39, 0.29) is 11.8 Å². The van der Waals surface area contributed by atoms with Crippen molar-refractivity contribution in [2.24, 2.45) is 11.7 Å². The van der Waals surface area contributed by atoms with Crippen molar-refractivity contribution < 1.29 is 13.5 Å². The summed E-state index contributed by atoms with van der Waals surface area (Å²) >= 11 is 0. The first kappa shape index (κ1) is 14.2. The van der Waals surface area contributed by atoms with Crippen LogP contribution in [-0.4, -0.2) is 30.6 Å². The minimum atomic E-state index is -2.79. The molecule has 1 saturated heterocycles. The lowest BCUT2D eigenvalue weighted by Gasteiger charge is -2.35. The van der Waals surface area contributed by atoms with Crippen molar-refractivity contribution in [3.05, 3.63) is 29.8 Å². The number of ether oxygens (including phenoxy) is 1. The molecule has 1 aromatic carbocycles. The Labute approximate surface area is 112 Å². The number of para-hydroxylation sites is 1. The summed E-state index contributed by atoms with van der Waals surface area (Å²) in [7, 11) is 0. The third-order valence-corrected chi connectivity index (χ3v) is 3.68. The first-order valence-corrected chi connectivity index (χ1v) is 6.57. The highest BCUT2D eigenvalue weighted by Gasteiger charge is 2.23. The van der Waals surface area contributed by atoms with E-state index in [1.165, 1.54) is 0 Å². The molecule has 0 aromatic heterocycles. The van der Waals surface area contributed by atoms with Gasteiger partial charge in [0.25, 0.3) is 0 Å². The highest BCUT2D eigenvalue weighted by Crippen LogP contribution is 2.24. The Kier molecular flexibility index (Phi) is 4.71. The Morgan fingerprint density at radius 2 is 2.16 bits per heavy atom. The van der Waals surface area contributed by atoms with Crippen molar-refractivity contribution in [2.45, 2.75) is 32.5 Å². The number of halogens is 2. The van der Waals surface area contributed by atoms with Gasteiger partial charge in [0.1, 0.15) is 5.75 Å². The molecule has 2 atom stereocenters. The maximum Gasteiger partial charge on any atom is 0.387 e. The molecule has 0 amide bonds. The van der Waals surface area contributed by atoms with Crippen LogP contribution in [0.1, 0.15) is 18.9 Å². The molecule has 0 spiro atoms. The number of likely N-dealkylation sites (tertiary alicyclic amines) is 1. The fourth-order valence-corrected chi connectivity index (χ4v) is 2.40. The fourth-order valence-electron chi connectivity index (χ4n) is 2.40. The van der Waals surface area contributed by atoms with Crippen LogP contribution in [0.15, 0.2) is 24.3 Å². The van der Waals surface area contributed by atoms with Crippen molar-refractivity contribution in [2.75, 3.05) is 13.1 Å². The second-order valence-corrected chi connectivity index (χ2v) is 5.15. The van der Waals surface area contributed by atoms with Gasteiger partial charge in [0.15, 0.2) is 0 Å². The van der Waals surface area contributed by atoms with E-state index < -0.39 is 6.61 Å². The monoisotopic (exact) mass is 270 g/mol. The van der Waals surface area contributed by atoms with Gasteiger partial charge < -0.3 is 10.5 Å². The standard InChI is InChI=1S/C14H20F2N2O/c1-10-6-7-18(9-12(10)17)8-11-4-2-3-5-13(11)19-14(15)16/h2-5,10,12,14H,6-9,17H2,1H3. The predicted octanol–water partition coefficient (Wildman–Crippen LogP) is 2.46. The van der Waals surface area contributed by atoms with E-state index in [9.17, 15) is 8.78 Å². The average molecular weight is 270 g/mol. The van der Waals surface area contributed by atoms with Gasteiger partial charge in [0, 0.05) is 24.7 Å². The Bertz CT molecular complexity index is 414. The maximum absolute atomic E-state index is 12.3. The minimum absolute atomic E-state index is 0.150. The van der Waals surface area contributed by atoms with Crippen LogP contribution in [0.4, 0.5) is 8.78 Å². The number of hydrogen-bond donors (Lipinski definition) is 1. The van der Waals surface area contributed by atoms with Gasteiger partial charge >= 0.3 is 6.61 Å². The van der Waals surface area contributed by atoms with Gasteiger partial charge in [-0.05, 0) is 24.9 Å². The SMILES string of the molecule is CC1CCN(Cc2ccccc2OC(F)F)CC1N. The van der Waals surface area contributed by atoms with E-state index >= 15 is 0 Å². The van der Waals surface area contributed by atoms with E-state index in [1.807, 2.05) is 12.1 Å². The summed E-state index contributed by atoms with van der Waals surface area (Å²) in [5, 5.41) is 0. The molecular weight excluding hydrogens is 250 g/mol. The van der Waals surface area contributed by atoms with Crippen molar-refractivity contribution in [1.29, 1.82) is 0 Å². The summed E-state index contributed by atoms with van der Waals surface area (Å²) in [4.78, 5) is 2.19. The van der Waals surface area contributed by atoms with Crippen LogP contribution in [-0.2, 0) is 6.54 Å². The molecule has 1 fully saturated rings. The molecule has 2 unspecified atom stereocenters. The summed E-state index contributed by atoms with van der Waals surface area (Å²) in [5.74, 6) is 0.772. The number of nitrogens with zero attached hydrogens (tertiary/aromatic N) is 1. The Morgan fingerprint density at radius 1 is 1.42 bits per heavy atom. The molecule has 3 nitrogen and oxygen atoms in total. The number of rotatable bonds is 4. The quantitative estimate of drug-likeness (QED) is 0.913. The maximum atomic E-state index is 12.3. The van der Waals surface area contributed by atoms with Crippen LogP contribution in [0.25, 0.3) is 0 Å². The summed E-state index contributed by atoms with van der Waals surface area (Å²) < 4.78 is 29.2. The minimum Gasteiger partial charge on any atom is -0.434 e. The Morgan fingerprint density at radius 3 is 2.84 bits per heavy atom. The molecule has 1 heterocycles. The fraction of sp³-hybridized carbons (Fsp3) is 0.571. The molecule has 0 bridgehead atoms. The van der Waals surface area contributed by atoms with E-state index in [0.29, 0.717) is 12.5 Å². The largest absolute Gasteiger partial charge is 0.434 e. The first-order valence-electron chi connectivity index (χ1n) is 6.57. The molecule has 5 heteroatoms. The number of hydrogen-bond acceptors (Lipinski definition) is 3. The van der Waals surface area contributed by atoms with E-state index in [0.717, 1.165) is 25.1 Å². The molecule has 1 aliphatic rings. The average Bonchev–Trinajstić information content (AvgIpc) is 2.36. The summed E-state index contributed by atoms with van der Waals surface area (Å²) in [5.41, 5.74) is 6.83. The summed E-state index contributed by atoms with van der Waals surface area (Å²) in [6.07, 6.45) is 1.04. The number of alkyl halides is 2. The van der Waals surface area contributed by atoms with Crippen LogP contribution in [0.3, 0.4) is 0 Å². The molecule has 1 aliphatic heterocycles. The van der Waals surface area contributed by atoms with Crippen molar-refractivity contribution in [3.8, 4) is 5.75 Å². The van der Waals surface area contributed by atoms with Crippen LogP contribution < -0.4 is 10.5 Å². The van der Waals surface area contributed by atoms with Crippen molar-refractivity contribution in [1.82, 2.24) is 4.90 Å². The second kappa shape index (κ2) is 6.30. The molecular formula is C14H20F2N2O. The van der Waals surface area contributed by atoms with Gasteiger partial charge in [-0.3, -0.25) is 4.90 Å². The highest BCUT2D eigenvalue weighted by molar-refractivity contribution is 5.33. The van der Waals surface area contributed by atoms with Crippen LogP contribution in [0, 0.1) is 5.92 Å². The third kappa shape index (κ3) is 3.88.